The molecule has 0 bridgehead atoms. The molecule has 2 aromatic rings. The summed E-state index contributed by atoms with van der Waals surface area (Å²) in [5, 5.41) is 5.12. The molecular formula is C20H22F2N2O2. The smallest absolute Gasteiger partial charge is 0.246 e. The summed E-state index contributed by atoms with van der Waals surface area (Å²) in [5.41, 5.74) is 1.02. The topological polar surface area (TPSA) is 58.2 Å². The first kappa shape index (κ1) is 19.6. The molecule has 0 aliphatic heterocycles. The molecule has 2 aromatic carbocycles. The van der Waals surface area contributed by atoms with E-state index in [-0.39, 0.29) is 11.5 Å². The van der Waals surface area contributed by atoms with Gasteiger partial charge in [-0.2, -0.15) is 0 Å². The van der Waals surface area contributed by atoms with Crippen LogP contribution in [0.4, 0.5) is 8.78 Å². The summed E-state index contributed by atoms with van der Waals surface area (Å²) in [6.07, 6.45) is 1.39. The van der Waals surface area contributed by atoms with E-state index in [0.717, 1.165) is 24.1 Å². The van der Waals surface area contributed by atoms with E-state index >= 15 is 0 Å². The zero-order valence-electron chi connectivity index (χ0n) is 14.8. The summed E-state index contributed by atoms with van der Waals surface area (Å²) < 4.78 is 26.8. The third kappa shape index (κ3) is 4.65. The minimum absolute atomic E-state index is 0.180. The van der Waals surface area contributed by atoms with E-state index in [2.05, 4.69) is 10.6 Å². The van der Waals surface area contributed by atoms with E-state index in [1.54, 1.807) is 0 Å². The molecule has 0 saturated heterocycles. The van der Waals surface area contributed by atoms with Crippen LogP contribution in [0.15, 0.2) is 48.5 Å². The Hall–Kier alpha value is -2.76. The van der Waals surface area contributed by atoms with Crippen molar-refractivity contribution in [2.75, 3.05) is 7.05 Å². The molecule has 0 heterocycles. The lowest BCUT2D eigenvalue weighted by atomic mass is 9.93. The zero-order chi connectivity index (χ0) is 19.1. The minimum Gasteiger partial charge on any atom is -0.357 e. The third-order valence-electron chi connectivity index (χ3n) is 4.17. The number of halogens is 2. The van der Waals surface area contributed by atoms with Gasteiger partial charge in [-0.3, -0.25) is 9.59 Å². The van der Waals surface area contributed by atoms with Gasteiger partial charge in [0.25, 0.3) is 0 Å². The molecule has 26 heavy (non-hydrogen) atoms. The summed E-state index contributed by atoms with van der Waals surface area (Å²) in [5.74, 6) is -3.36. The first-order valence-corrected chi connectivity index (χ1v) is 8.49. The van der Waals surface area contributed by atoms with Gasteiger partial charge in [-0.15, -0.1) is 0 Å². The van der Waals surface area contributed by atoms with E-state index in [4.69, 9.17) is 0 Å². The van der Waals surface area contributed by atoms with Gasteiger partial charge in [0, 0.05) is 7.05 Å². The predicted molar refractivity (Wildman–Crippen MR) is 95.4 cm³/mol. The van der Waals surface area contributed by atoms with Crippen molar-refractivity contribution in [2.45, 2.75) is 31.7 Å². The average Bonchev–Trinajstić information content (AvgIpc) is 2.66. The molecule has 0 saturated carbocycles. The molecule has 2 atom stereocenters. The van der Waals surface area contributed by atoms with Gasteiger partial charge in [0.1, 0.15) is 6.04 Å². The zero-order valence-corrected chi connectivity index (χ0v) is 14.8. The Morgan fingerprint density at radius 1 is 0.962 bits per heavy atom. The third-order valence-corrected chi connectivity index (χ3v) is 4.17. The highest BCUT2D eigenvalue weighted by atomic mass is 19.2. The number of amides is 2. The maximum absolute atomic E-state index is 13.6. The van der Waals surface area contributed by atoms with Crippen molar-refractivity contribution in [3.8, 4) is 0 Å². The van der Waals surface area contributed by atoms with Crippen molar-refractivity contribution < 1.29 is 18.4 Å². The van der Waals surface area contributed by atoms with Gasteiger partial charge >= 0.3 is 0 Å². The van der Waals surface area contributed by atoms with Crippen LogP contribution in [-0.4, -0.2) is 18.9 Å². The molecule has 138 valence electrons. The minimum atomic E-state index is -1.11. The molecular weight excluding hydrogens is 338 g/mol. The van der Waals surface area contributed by atoms with E-state index in [1.807, 2.05) is 37.3 Å². The fourth-order valence-electron chi connectivity index (χ4n) is 2.80. The summed E-state index contributed by atoms with van der Waals surface area (Å²) in [4.78, 5) is 25.0. The molecule has 2 amide bonds. The Kier molecular flexibility index (Phi) is 6.83. The highest BCUT2D eigenvalue weighted by Crippen LogP contribution is 2.24. The van der Waals surface area contributed by atoms with E-state index in [9.17, 15) is 18.4 Å². The van der Waals surface area contributed by atoms with Crippen molar-refractivity contribution >= 4 is 11.8 Å². The van der Waals surface area contributed by atoms with Crippen molar-refractivity contribution in [2.24, 2.45) is 0 Å². The Morgan fingerprint density at radius 3 is 2.23 bits per heavy atom. The normalized spacial score (nSPS) is 12.9. The van der Waals surface area contributed by atoms with Crippen molar-refractivity contribution in [3.05, 3.63) is 71.3 Å². The molecule has 6 heteroatoms. The average molecular weight is 360 g/mol. The molecule has 0 aromatic heterocycles. The van der Waals surface area contributed by atoms with Gasteiger partial charge in [-0.05, 0) is 29.7 Å². The van der Waals surface area contributed by atoms with Crippen molar-refractivity contribution in [1.29, 1.82) is 0 Å². The summed E-state index contributed by atoms with van der Waals surface area (Å²) in [6, 6.07) is 11.3. The number of carbonyl (C=O) groups is 2. The number of hydrogen-bond acceptors (Lipinski definition) is 2. The monoisotopic (exact) mass is 360 g/mol. The number of benzene rings is 2. The summed E-state index contributed by atoms with van der Waals surface area (Å²) >= 11 is 0. The number of nitrogens with one attached hydrogen (secondary N) is 2. The molecule has 0 radical (unpaired) electrons. The fraction of sp³-hybridized carbons (Fsp3) is 0.300. The molecule has 0 spiro atoms. The van der Waals surface area contributed by atoms with E-state index in [1.165, 1.54) is 13.1 Å². The second-order valence-corrected chi connectivity index (χ2v) is 5.98. The van der Waals surface area contributed by atoms with Crippen LogP contribution in [0.3, 0.4) is 0 Å². The van der Waals surface area contributed by atoms with Crippen LogP contribution in [0.25, 0.3) is 0 Å². The second-order valence-electron chi connectivity index (χ2n) is 5.98. The first-order valence-electron chi connectivity index (χ1n) is 8.49. The first-order chi connectivity index (χ1) is 12.5. The number of likely N-dealkylation sites (N-methyl/N-ethyl adjacent to an activating group) is 1. The van der Waals surface area contributed by atoms with Gasteiger partial charge in [-0.25, -0.2) is 8.78 Å². The SMILES string of the molecule is CCCC(C(=O)NC(C(=O)NC)c1ccc(F)c(F)c1)c1ccccc1. The highest BCUT2D eigenvalue weighted by Gasteiger charge is 2.27. The van der Waals surface area contributed by atoms with E-state index in [0.29, 0.717) is 6.42 Å². The van der Waals surface area contributed by atoms with Gasteiger partial charge in [-0.1, -0.05) is 49.7 Å². The van der Waals surface area contributed by atoms with E-state index < -0.39 is 29.5 Å². The number of rotatable bonds is 7. The van der Waals surface area contributed by atoms with Gasteiger partial charge < -0.3 is 10.6 Å². The molecule has 2 N–H and O–H groups in total. The Balaban J connectivity index is 2.29. The Labute approximate surface area is 151 Å². The summed E-state index contributed by atoms with van der Waals surface area (Å²) in [6.45, 7) is 1.97. The maximum atomic E-state index is 13.6. The van der Waals surface area contributed by atoms with Gasteiger partial charge in [0.05, 0.1) is 5.92 Å². The van der Waals surface area contributed by atoms with Crippen LogP contribution in [-0.2, 0) is 9.59 Å². The van der Waals surface area contributed by atoms with Gasteiger partial charge in [0.15, 0.2) is 11.6 Å². The second kappa shape index (κ2) is 9.08. The Morgan fingerprint density at radius 2 is 1.65 bits per heavy atom. The highest BCUT2D eigenvalue weighted by molar-refractivity contribution is 5.91. The Bertz CT molecular complexity index is 766. The standard InChI is InChI=1S/C20H22F2N2O2/c1-3-7-15(13-8-5-4-6-9-13)19(25)24-18(20(26)23-2)14-10-11-16(21)17(22)12-14/h4-6,8-12,15,18H,3,7H2,1-2H3,(H,23,26)(H,24,25). The lowest BCUT2D eigenvalue weighted by molar-refractivity contribution is -0.129. The quantitative estimate of drug-likeness (QED) is 0.795. The number of hydrogen-bond donors (Lipinski definition) is 2. The van der Waals surface area contributed by atoms with Crippen LogP contribution < -0.4 is 10.6 Å². The van der Waals surface area contributed by atoms with Crippen LogP contribution in [0.2, 0.25) is 0 Å². The van der Waals surface area contributed by atoms with Crippen LogP contribution in [0.1, 0.15) is 42.9 Å². The molecule has 0 aliphatic carbocycles. The largest absolute Gasteiger partial charge is 0.357 e. The fourth-order valence-corrected chi connectivity index (χ4v) is 2.80. The predicted octanol–water partition coefficient (Wildman–Crippen LogP) is 3.45. The molecule has 2 rings (SSSR count). The van der Waals surface area contributed by atoms with Crippen LogP contribution in [0, 0.1) is 11.6 Å². The summed E-state index contributed by atoms with van der Waals surface area (Å²) in [7, 11) is 1.42. The molecule has 4 nitrogen and oxygen atoms in total. The molecule has 0 fully saturated rings. The molecule has 2 unspecified atom stereocenters. The lowest BCUT2D eigenvalue weighted by Gasteiger charge is -2.22. The lowest BCUT2D eigenvalue weighted by Crippen LogP contribution is -2.41. The van der Waals surface area contributed by atoms with Gasteiger partial charge in [0.2, 0.25) is 11.8 Å². The van der Waals surface area contributed by atoms with Crippen molar-refractivity contribution in [1.82, 2.24) is 10.6 Å². The molecule has 0 aliphatic rings. The van der Waals surface area contributed by atoms with Crippen LogP contribution >= 0.6 is 0 Å². The van der Waals surface area contributed by atoms with Crippen LogP contribution in [0.5, 0.6) is 0 Å². The number of carbonyl (C=O) groups excluding carboxylic acids is 2. The van der Waals surface area contributed by atoms with Crippen molar-refractivity contribution in [3.63, 3.8) is 0 Å². The maximum Gasteiger partial charge on any atom is 0.246 e.